The molecule has 27 heavy (non-hydrogen) atoms. The Bertz CT molecular complexity index is 859. The third kappa shape index (κ3) is 5.43. The maximum absolute atomic E-state index is 6.06. The van der Waals surface area contributed by atoms with Crippen molar-refractivity contribution in [1.82, 2.24) is 0 Å². The van der Waals surface area contributed by atoms with E-state index in [4.69, 9.17) is 15.2 Å². The van der Waals surface area contributed by atoms with Gasteiger partial charge in [-0.05, 0) is 72.0 Å². The van der Waals surface area contributed by atoms with Gasteiger partial charge in [0.1, 0.15) is 12.4 Å². The van der Waals surface area contributed by atoms with E-state index < -0.39 is 0 Å². The van der Waals surface area contributed by atoms with Crippen LogP contribution in [0.3, 0.4) is 0 Å². The van der Waals surface area contributed by atoms with Gasteiger partial charge in [-0.2, -0.15) is 0 Å². The first kappa shape index (κ1) is 19.2. The molecule has 0 amide bonds. The van der Waals surface area contributed by atoms with Gasteiger partial charge in [-0.15, -0.1) is 0 Å². The average molecular weight is 361 g/mol. The van der Waals surface area contributed by atoms with Crippen molar-refractivity contribution in [3.63, 3.8) is 0 Å². The summed E-state index contributed by atoms with van der Waals surface area (Å²) in [5.74, 6) is 0.869. The number of ether oxygens (including phenoxy) is 2. The highest BCUT2D eigenvalue weighted by Gasteiger charge is 2.07. The maximum atomic E-state index is 6.06. The zero-order valence-corrected chi connectivity index (χ0v) is 16.0. The molecule has 3 nitrogen and oxygen atoms in total. The zero-order chi connectivity index (χ0) is 19.1. The van der Waals surface area contributed by atoms with Crippen LogP contribution in [0.25, 0.3) is 11.1 Å². The number of benzene rings is 3. The number of hydrogen-bond acceptors (Lipinski definition) is 3. The van der Waals surface area contributed by atoms with Crippen molar-refractivity contribution in [2.45, 2.75) is 33.1 Å². The van der Waals surface area contributed by atoms with Crippen LogP contribution in [-0.2, 0) is 18.0 Å². The summed E-state index contributed by atoms with van der Waals surface area (Å²) in [5.41, 5.74) is 11.8. The SMILES string of the molecule is CCOCc1cc(COc2ccccc2)cc(-c2cccc(C(C)N)c2)c1. The van der Waals surface area contributed by atoms with Crippen molar-refractivity contribution in [3.8, 4) is 16.9 Å². The Kier molecular flexibility index (Phi) is 6.64. The highest BCUT2D eigenvalue weighted by atomic mass is 16.5. The molecule has 0 fully saturated rings. The summed E-state index contributed by atoms with van der Waals surface area (Å²) in [6, 6.07) is 24.8. The standard InChI is InChI=1S/C24H27NO2/c1-3-26-16-19-12-20(17-27-24-10-5-4-6-11-24)14-23(13-19)22-9-7-8-21(15-22)18(2)25/h4-15,18H,3,16-17,25H2,1-2H3. The Morgan fingerprint density at radius 1 is 0.815 bits per heavy atom. The van der Waals surface area contributed by atoms with Crippen molar-refractivity contribution in [2.24, 2.45) is 5.73 Å². The Morgan fingerprint density at radius 2 is 1.56 bits per heavy atom. The molecule has 3 rings (SSSR count). The van der Waals surface area contributed by atoms with Crippen LogP contribution < -0.4 is 10.5 Å². The average Bonchev–Trinajstić information content (AvgIpc) is 2.71. The van der Waals surface area contributed by atoms with Crippen molar-refractivity contribution in [3.05, 3.63) is 89.5 Å². The van der Waals surface area contributed by atoms with Crippen LogP contribution in [0.5, 0.6) is 5.75 Å². The van der Waals surface area contributed by atoms with Gasteiger partial charge in [0.15, 0.2) is 0 Å². The van der Waals surface area contributed by atoms with Crippen LogP contribution in [0.4, 0.5) is 0 Å². The molecule has 3 heteroatoms. The topological polar surface area (TPSA) is 44.5 Å². The summed E-state index contributed by atoms with van der Waals surface area (Å²) in [6.07, 6.45) is 0. The summed E-state index contributed by atoms with van der Waals surface area (Å²) in [7, 11) is 0. The second-order valence-electron chi connectivity index (χ2n) is 6.69. The van der Waals surface area contributed by atoms with Crippen molar-refractivity contribution in [1.29, 1.82) is 0 Å². The number of para-hydroxylation sites is 1. The first-order valence-corrected chi connectivity index (χ1v) is 9.40. The fourth-order valence-electron chi connectivity index (χ4n) is 3.00. The molecule has 0 aromatic heterocycles. The number of rotatable bonds is 8. The highest BCUT2D eigenvalue weighted by Crippen LogP contribution is 2.26. The molecule has 0 saturated heterocycles. The minimum Gasteiger partial charge on any atom is -0.489 e. The largest absolute Gasteiger partial charge is 0.489 e. The molecule has 0 radical (unpaired) electrons. The fourth-order valence-corrected chi connectivity index (χ4v) is 3.00. The third-order valence-corrected chi connectivity index (χ3v) is 4.42. The quantitative estimate of drug-likeness (QED) is 0.577. The first-order chi connectivity index (χ1) is 13.2. The monoisotopic (exact) mass is 361 g/mol. The predicted octanol–water partition coefficient (Wildman–Crippen LogP) is 5.49. The molecule has 2 N–H and O–H groups in total. The van der Waals surface area contributed by atoms with Crippen molar-refractivity contribution in [2.75, 3.05) is 6.61 Å². The molecule has 0 aliphatic rings. The lowest BCUT2D eigenvalue weighted by Crippen LogP contribution is -2.04. The molecule has 0 aliphatic heterocycles. The number of hydrogen-bond donors (Lipinski definition) is 1. The van der Waals surface area contributed by atoms with Crippen LogP contribution >= 0.6 is 0 Å². The number of nitrogens with two attached hydrogens (primary N) is 1. The molecule has 0 bridgehead atoms. The molecular weight excluding hydrogens is 334 g/mol. The minimum absolute atomic E-state index is 0.0115. The van der Waals surface area contributed by atoms with E-state index in [1.165, 1.54) is 0 Å². The third-order valence-electron chi connectivity index (χ3n) is 4.42. The van der Waals surface area contributed by atoms with E-state index in [1.54, 1.807) is 0 Å². The molecule has 0 spiro atoms. The lowest BCUT2D eigenvalue weighted by atomic mass is 9.97. The molecular formula is C24H27NO2. The second kappa shape index (κ2) is 9.36. The van der Waals surface area contributed by atoms with Gasteiger partial charge in [-0.25, -0.2) is 0 Å². The predicted molar refractivity (Wildman–Crippen MR) is 111 cm³/mol. The highest BCUT2D eigenvalue weighted by molar-refractivity contribution is 5.66. The van der Waals surface area contributed by atoms with E-state index in [0.717, 1.165) is 33.6 Å². The van der Waals surface area contributed by atoms with Crippen LogP contribution in [0, 0.1) is 0 Å². The smallest absolute Gasteiger partial charge is 0.119 e. The van der Waals surface area contributed by atoms with Gasteiger partial charge in [0.2, 0.25) is 0 Å². The molecule has 3 aromatic rings. The lowest BCUT2D eigenvalue weighted by Gasteiger charge is -2.13. The van der Waals surface area contributed by atoms with Gasteiger partial charge < -0.3 is 15.2 Å². The second-order valence-corrected chi connectivity index (χ2v) is 6.69. The molecule has 1 atom stereocenters. The molecule has 0 saturated carbocycles. The summed E-state index contributed by atoms with van der Waals surface area (Å²) in [5, 5.41) is 0. The Balaban J connectivity index is 1.89. The summed E-state index contributed by atoms with van der Waals surface area (Å²) >= 11 is 0. The van der Waals surface area contributed by atoms with Gasteiger partial charge in [-0.1, -0.05) is 42.5 Å². The van der Waals surface area contributed by atoms with Gasteiger partial charge >= 0.3 is 0 Å². The van der Waals surface area contributed by atoms with Gasteiger partial charge in [0, 0.05) is 12.6 Å². The van der Waals surface area contributed by atoms with Crippen LogP contribution in [0.15, 0.2) is 72.8 Å². The summed E-state index contributed by atoms with van der Waals surface area (Å²) in [6.45, 7) is 5.82. The summed E-state index contributed by atoms with van der Waals surface area (Å²) < 4.78 is 11.6. The van der Waals surface area contributed by atoms with E-state index in [9.17, 15) is 0 Å². The lowest BCUT2D eigenvalue weighted by molar-refractivity contribution is 0.134. The zero-order valence-electron chi connectivity index (χ0n) is 16.0. The Morgan fingerprint density at radius 3 is 2.26 bits per heavy atom. The van der Waals surface area contributed by atoms with Gasteiger partial charge in [-0.3, -0.25) is 0 Å². The Hall–Kier alpha value is -2.62. The summed E-state index contributed by atoms with van der Waals surface area (Å²) in [4.78, 5) is 0. The maximum Gasteiger partial charge on any atom is 0.119 e. The molecule has 0 aliphatic carbocycles. The Labute approximate surface area is 161 Å². The van der Waals surface area contributed by atoms with Crippen molar-refractivity contribution < 1.29 is 9.47 Å². The van der Waals surface area contributed by atoms with E-state index in [1.807, 2.05) is 44.2 Å². The molecule has 140 valence electrons. The van der Waals surface area contributed by atoms with Crippen molar-refractivity contribution >= 4 is 0 Å². The van der Waals surface area contributed by atoms with E-state index in [2.05, 4.69) is 42.5 Å². The molecule has 0 heterocycles. The van der Waals surface area contributed by atoms with E-state index >= 15 is 0 Å². The first-order valence-electron chi connectivity index (χ1n) is 9.40. The fraction of sp³-hybridized carbons (Fsp3) is 0.250. The molecule has 3 aromatic carbocycles. The van der Waals surface area contributed by atoms with E-state index in [0.29, 0.717) is 19.8 Å². The van der Waals surface area contributed by atoms with Gasteiger partial charge in [0.05, 0.1) is 6.61 Å². The van der Waals surface area contributed by atoms with E-state index in [-0.39, 0.29) is 6.04 Å². The van der Waals surface area contributed by atoms with Crippen LogP contribution in [0.2, 0.25) is 0 Å². The minimum atomic E-state index is 0.0115. The van der Waals surface area contributed by atoms with Crippen LogP contribution in [-0.4, -0.2) is 6.61 Å². The van der Waals surface area contributed by atoms with Crippen LogP contribution in [0.1, 0.15) is 36.6 Å². The normalized spacial score (nSPS) is 12.0. The molecule has 1 unspecified atom stereocenters. The van der Waals surface area contributed by atoms with Gasteiger partial charge in [0.25, 0.3) is 0 Å².